The fourth-order valence-corrected chi connectivity index (χ4v) is 2.35. The molecule has 1 saturated carbocycles. The molecule has 1 aliphatic carbocycles. The van der Waals surface area contributed by atoms with Gasteiger partial charge in [-0.05, 0) is 70.6 Å². The Labute approximate surface area is 233 Å². The summed E-state index contributed by atoms with van der Waals surface area (Å²) in [5.41, 5.74) is 0.209. The number of nitrogens with one attached hydrogen (secondary N) is 1. The summed E-state index contributed by atoms with van der Waals surface area (Å²) in [6.45, 7) is 5.49. The van der Waals surface area contributed by atoms with Crippen molar-refractivity contribution in [3.05, 3.63) is 67.0 Å². The van der Waals surface area contributed by atoms with Gasteiger partial charge in [0.25, 0.3) is 0 Å². The normalized spacial score (nSPS) is 15.8. The van der Waals surface area contributed by atoms with Crippen molar-refractivity contribution < 1.29 is 63.7 Å². The second kappa shape index (κ2) is 15.1. The molecule has 1 amide bonds. The largest absolute Gasteiger partial charge is 2.00 e. The van der Waals surface area contributed by atoms with Crippen LogP contribution in [0.15, 0.2) is 24.3 Å². The van der Waals surface area contributed by atoms with E-state index < -0.39 is 31.5 Å². The van der Waals surface area contributed by atoms with Crippen LogP contribution in [-0.2, 0) is 40.2 Å². The minimum atomic E-state index is -10.7. The van der Waals surface area contributed by atoms with Crippen molar-refractivity contribution in [2.24, 2.45) is 0 Å². The van der Waals surface area contributed by atoms with Crippen LogP contribution in [0.2, 0.25) is 5.02 Å². The number of amides is 1. The van der Waals surface area contributed by atoms with Gasteiger partial charge in [0, 0.05) is 16.8 Å². The number of halogens is 8. The van der Waals surface area contributed by atoms with E-state index in [-0.39, 0.29) is 32.5 Å². The number of alkyl halides is 1. The van der Waals surface area contributed by atoms with Gasteiger partial charge in [0.15, 0.2) is 0 Å². The molecule has 15 heteroatoms. The maximum absolute atomic E-state index is 12.1. The van der Waals surface area contributed by atoms with Crippen LogP contribution in [0.25, 0.3) is 0 Å². The number of esters is 1. The SMILES string of the molecule is CC(C)(C)OC(=O)N[C@H](Cc1ccc(Cl)cc1)C(=O)OCCBr.F[P-](F)(F)(F)(F)F.[CH]1[CH][CH][CH][CH]1.[Ru+2]. The Kier molecular flexibility index (Phi) is 15.7. The van der Waals surface area contributed by atoms with Crippen LogP contribution in [0.5, 0.6) is 0 Å². The van der Waals surface area contributed by atoms with Crippen molar-refractivity contribution >= 4 is 47.4 Å². The van der Waals surface area contributed by atoms with E-state index in [4.69, 9.17) is 21.1 Å². The van der Waals surface area contributed by atoms with Crippen LogP contribution in [0.4, 0.5) is 30.0 Å². The van der Waals surface area contributed by atoms with Gasteiger partial charge in [-0.25, -0.2) is 9.59 Å². The quantitative estimate of drug-likeness (QED) is 0.106. The minimum Gasteiger partial charge on any atom is -0.0312 e. The third-order valence-electron chi connectivity index (χ3n) is 3.21. The molecule has 0 unspecified atom stereocenters. The molecular weight excluding hydrogens is 692 g/mol. The molecular formula is C21H26BrClF6NO4PRu+. The van der Waals surface area contributed by atoms with E-state index in [1.807, 2.05) is 32.1 Å². The zero-order valence-corrected chi connectivity index (χ0v) is 24.3. The molecule has 0 bridgehead atoms. The van der Waals surface area contributed by atoms with Crippen molar-refractivity contribution in [1.29, 1.82) is 0 Å². The Balaban J connectivity index is 0. The van der Waals surface area contributed by atoms with Gasteiger partial charge < -0.3 is 14.8 Å². The average molecular weight is 718 g/mol. The number of hydrogen-bond acceptors (Lipinski definition) is 4. The third-order valence-corrected chi connectivity index (χ3v) is 3.78. The molecule has 1 atom stereocenters. The summed E-state index contributed by atoms with van der Waals surface area (Å²) >= 11 is 9.04. The fourth-order valence-electron chi connectivity index (χ4n) is 2.06. The summed E-state index contributed by atoms with van der Waals surface area (Å²) < 4.78 is 69.5. The van der Waals surface area contributed by atoms with Gasteiger partial charge in [-0.15, -0.1) is 0 Å². The maximum atomic E-state index is 12.1. The Morgan fingerprint density at radius 2 is 1.39 bits per heavy atom. The van der Waals surface area contributed by atoms with Crippen LogP contribution < -0.4 is 5.32 Å². The summed E-state index contributed by atoms with van der Waals surface area (Å²) in [7, 11) is -10.7. The van der Waals surface area contributed by atoms with E-state index in [1.54, 1.807) is 45.0 Å². The molecule has 207 valence electrons. The number of ether oxygens (including phenoxy) is 2. The second-order valence-corrected chi connectivity index (χ2v) is 11.0. The molecule has 0 spiro atoms. The van der Waals surface area contributed by atoms with Crippen LogP contribution in [0, 0.1) is 32.1 Å². The molecule has 1 aliphatic rings. The molecule has 5 nitrogen and oxygen atoms in total. The summed E-state index contributed by atoms with van der Waals surface area (Å²) in [4.78, 5) is 24.1. The fraction of sp³-hybridized carbons (Fsp3) is 0.381. The molecule has 0 aromatic heterocycles. The first-order valence-corrected chi connectivity index (χ1v) is 13.4. The number of rotatable bonds is 6. The van der Waals surface area contributed by atoms with Crippen molar-refractivity contribution in [2.75, 3.05) is 11.9 Å². The smallest absolute Gasteiger partial charge is 0.0312 e. The predicted octanol–water partition coefficient (Wildman–Crippen LogP) is 8.12. The molecule has 1 fully saturated rings. The zero-order valence-electron chi connectivity index (χ0n) is 19.4. The van der Waals surface area contributed by atoms with Crippen molar-refractivity contribution in [2.45, 2.75) is 38.8 Å². The number of hydrogen-bond donors (Lipinski definition) is 1. The van der Waals surface area contributed by atoms with Crippen LogP contribution in [0.1, 0.15) is 26.3 Å². The topological polar surface area (TPSA) is 64.6 Å². The molecule has 0 heterocycles. The molecule has 0 aliphatic heterocycles. The zero-order chi connectivity index (χ0) is 27.4. The monoisotopic (exact) mass is 717 g/mol. The van der Waals surface area contributed by atoms with Gasteiger partial charge in [0.2, 0.25) is 0 Å². The number of carbonyl (C=O) groups excluding carboxylic acids is 2. The van der Waals surface area contributed by atoms with Crippen molar-refractivity contribution in [3.63, 3.8) is 0 Å². The van der Waals surface area contributed by atoms with Gasteiger partial charge in [-0.3, -0.25) is 0 Å². The summed E-state index contributed by atoms with van der Waals surface area (Å²) in [5.74, 6) is -0.509. The Morgan fingerprint density at radius 3 is 1.75 bits per heavy atom. The first kappa shape index (κ1) is 37.5. The Hall–Kier alpha value is -0.637. The molecule has 1 N–H and O–H groups in total. The molecule has 5 radical (unpaired) electrons. The summed E-state index contributed by atoms with van der Waals surface area (Å²) in [5, 5.41) is 3.69. The predicted molar refractivity (Wildman–Crippen MR) is 128 cm³/mol. The van der Waals surface area contributed by atoms with E-state index >= 15 is 0 Å². The van der Waals surface area contributed by atoms with Gasteiger partial charge in [-0.1, -0.05) is 39.7 Å². The van der Waals surface area contributed by atoms with E-state index in [0.29, 0.717) is 10.4 Å². The number of benzene rings is 1. The number of carbonyl (C=O) groups is 2. The Morgan fingerprint density at radius 1 is 0.972 bits per heavy atom. The molecule has 2 rings (SSSR count). The number of alkyl carbamates (subject to hydrolysis) is 1. The first-order chi connectivity index (χ1) is 15.7. The van der Waals surface area contributed by atoms with Crippen LogP contribution in [-0.4, -0.2) is 35.6 Å². The second-order valence-electron chi connectivity index (χ2n) is 7.81. The molecule has 36 heavy (non-hydrogen) atoms. The van der Waals surface area contributed by atoms with Crippen molar-refractivity contribution in [1.82, 2.24) is 5.32 Å². The van der Waals surface area contributed by atoms with E-state index in [1.165, 1.54) is 0 Å². The van der Waals surface area contributed by atoms with Gasteiger partial charge in [0.05, 0.1) is 0 Å². The van der Waals surface area contributed by atoms with Gasteiger partial charge in [-0.2, -0.15) is 0 Å². The minimum absolute atomic E-state index is 0. The molecule has 1 aromatic rings. The third kappa shape index (κ3) is 27.9. The first-order valence-electron chi connectivity index (χ1n) is 9.86. The van der Waals surface area contributed by atoms with Crippen LogP contribution >= 0.6 is 35.3 Å². The Bertz CT molecular complexity index is 788. The standard InChI is InChI=1S/C16H21BrClNO4.C5H5.F6P.Ru/c1-16(2,3)23-15(21)19-13(14(20)22-9-8-17)10-11-4-6-12(18)7-5-11;1-2-4-5-3-1;1-7(2,3,4,5)6;/h4-7,13H,8-10H2,1-3H3,(H,19,21);1-5H;;/q;;-1;+2/t13-;;;/m1.../s1. The van der Waals surface area contributed by atoms with E-state index in [2.05, 4.69) is 21.2 Å². The summed E-state index contributed by atoms with van der Waals surface area (Å²) in [6, 6.07) is 6.22. The van der Waals surface area contributed by atoms with Gasteiger partial charge >= 0.3 is 64.5 Å². The van der Waals surface area contributed by atoms with Crippen LogP contribution in [0.3, 0.4) is 0 Å². The van der Waals surface area contributed by atoms with Crippen molar-refractivity contribution in [3.8, 4) is 0 Å². The molecule has 0 saturated heterocycles. The van der Waals surface area contributed by atoms with E-state index in [9.17, 15) is 34.8 Å². The average Bonchev–Trinajstić information content (AvgIpc) is 3.23. The summed E-state index contributed by atoms with van der Waals surface area (Å²) in [6.07, 6.45) is 9.63. The maximum Gasteiger partial charge on any atom is 2.00 e. The van der Waals surface area contributed by atoms with Gasteiger partial charge in [0.1, 0.15) is 18.2 Å². The van der Waals surface area contributed by atoms with E-state index in [0.717, 1.165) is 5.56 Å². The molecule has 1 aromatic carbocycles.